The molecule has 168 valence electrons. The second-order valence-electron chi connectivity index (χ2n) is 10.6. The fraction of sp³-hybridized carbons (Fsp3) is 0.600. The number of nitrogens with zero attached hydrogens (tertiary/aromatic N) is 4. The number of pyridine rings is 1. The fourth-order valence-electron chi connectivity index (χ4n) is 7.32. The normalized spacial score (nSPS) is 32.6. The molecule has 4 fully saturated rings. The summed E-state index contributed by atoms with van der Waals surface area (Å²) in [6, 6.07) is 5.53. The molecular weight excluding hydrogens is 402 g/mol. The minimum Gasteiger partial charge on any atom is -0.345 e. The van der Waals surface area contributed by atoms with Crippen molar-refractivity contribution in [2.24, 2.45) is 23.2 Å². The lowest BCUT2D eigenvalue weighted by Gasteiger charge is -2.57. The smallest absolute Gasteiger partial charge is 0.271 e. The topological polar surface area (TPSA) is 80.1 Å². The minimum absolute atomic E-state index is 0.110. The third-order valence-corrected chi connectivity index (χ3v) is 8.37. The van der Waals surface area contributed by atoms with Gasteiger partial charge in [0.05, 0.1) is 23.7 Å². The van der Waals surface area contributed by atoms with Crippen LogP contribution in [0.1, 0.15) is 73.5 Å². The number of imidazole rings is 1. The molecule has 1 unspecified atom stereocenters. The molecular formula is C25H31N5O2. The van der Waals surface area contributed by atoms with E-state index in [0.29, 0.717) is 31.2 Å². The van der Waals surface area contributed by atoms with Gasteiger partial charge in [-0.05, 0) is 75.3 Å². The molecule has 0 radical (unpaired) electrons. The average molecular weight is 434 g/mol. The highest BCUT2D eigenvalue weighted by Crippen LogP contribution is 2.61. The first kappa shape index (κ1) is 19.9. The van der Waals surface area contributed by atoms with Crippen LogP contribution in [-0.4, -0.2) is 37.8 Å². The highest BCUT2D eigenvalue weighted by molar-refractivity contribution is 5.92. The van der Waals surface area contributed by atoms with Gasteiger partial charge in [-0.2, -0.15) is 0 Å². The van der Waals surface area contributed by atoms with Crippen LogP contribution in [0.4, 0.5) is 0 Å². The molecule has 7 nitrogen and oxygen atoms in total. The minimum atomic E-state index is -0.205. The molecule has 5 aliphatic rings. The molecule has 1 N–H and O–H groups in total. The van der Waals surface area contributed by atoms with Gasteiger partial charge >= 0.3 is 0 Å². The number of aromatic nitrogens is 3. The van der Waals surface area contributed by atoms with E-state index in [9.17, 15) is 9.59 Å². The molecule has 32 heavy (non-hydrogen) atoms. The van der Waals surface area contributed by atoms with E-state index < -0.39 is 0 Å². The third kappa shape index (κ3) is 3.24. The maximum atomic E-state index is 13.9. The first-order valence-corrected chi connectivity index (χ1v) is 12.1. The molecule has 2 aromatic heterocycles. The Labute approximate surface area is 188 Å². The summed E-state index contributed by atoms with van der Waals surface area (Å²) < 4.78 is 2.05. The number of amides is 2. The predicted octanol–water partition coefficient (Wildman–Crippen LogP) is 3.33. The summed E-state index contributed by atoms with van der Waals surface area (Å²) in [5.74, 6) is 3.21. The lowest BCUT2D eigenvalue weighted by Crippen LogP contribution is -2.56. The summed E-state index contributed by atoms with van der Waals surface area (Å²) in [4.78, 5) is 37.5. The lowest BCUT2D eigenvalue weighted by atomic mass is 9.49. The Bertz CT molecular complexity index is 1010. The number of carbonyl (C=O) groups excluding carboxylic acids is 2. The van der Waals surface area contributed by atoms with Crippen LogP contribution in [0.3, 0.4) is 0 Å². The second-order valence-corrected chi connectivity index (χ2v) is 10.6. The molecule has 0 aromatic carbocycles. The van der Waals surface area contributed by atoms with Crippen molar-refractivity contribution in [3.8, 4) is 0 Å². The standard InChI is InChI=1S/C25H31N5O2/c1-16-22-28-21(23(31)27-14-20-4-2-3-5-26-20)15-29(22)6-7-30(16)24(32)25-11-17-8-18(12-25)10-19(9-17)13-25/h2-5,15-19H,6-14H2,1H3,(H,27,31). The van der Waals surface area contributed by atoms with Crippen molar-refractivity contribution in [3.05, 3.63) is 47.8 Å². The van der Waals surface area contributed by atoms with Gasteiger partial charge in [-0.25, -0.2) is 4.98 Å². The zero-order chi connectivity index (χ0) is 21.9. The number of rotatable bonds is 4. The molecule has 3 heterocycles. The van der Waals surface area contributed by atoms with Gasteiger partial charge in [-0.15, -0.1) is 0 Å². The molecule has 2 amide bonds. The Hall–Kier alpha value is -2.70. The van der Waals surface area contributed by atoms with E-state index in [4.69, 9.17) is 0 Å². The van der Waals surface area contributed by atoms with Crippen LogP contribution in [0.25, 0.3) is 0 Å². The van der Waals surface area contributed by atoms with Gasteiger partial charge in [0.25, 0.3) is 5.91 Å². The zero-order valence-electron chi connectivity index (χ0n) is 18.7. The molecule has 4 saturated carbocycles. The fourth-order valence-corrected chi connectivity index (χ4v) is 7.32. The van der Waals surface area contributed by atoms with Crippen LogP contribution in [-0.2, 0) is 17.9 Å². The van der Waals surface area contributed by atoms with E-state index in [-0.39, 0.29) is 17.4 Å². The maximum Gasteiger partial charge on any atom is 0.271 e. The Morgan fingerprint density at radius 3 is 2.47 bits per heavy atom. The monoisotopic (exact) mass is 433 g/mol. The van der Waals surface area contributed by atoms with Crippen LogP contribution in [0.15, 0.2) is 30.6 Å². The predicted molar refractivity (Wildman–Crippen MR) is 118 cm³/mol. The van der Waals surface area contributed by atoms with Crippen molar-refractivity contribution >= 4 is 11.8 Å². The molecule has 1 atom stereocenters. The highest BCUT2D eigenvalue weighted by atomic mass is 16.2. The van der Waals surface area contributed by atoms with E-state index in [2.05, 4.69) is 27.1 Å². The number of nitrogens with one attached hydrogen (secondary N) is 1. The summed E-state index contributed by atoms with van der Waals surface area (Å²) in [5, 5.41) is 2.90. The molecule has 0 saturated heterocycles. The van der Waals surface area contributed by atoms with Crippen LogP contribution in [0.5, 0.6) is 0 Å². The van der Waals surface area contributed by atoms with Crippen molar-refractivity contribution in [1.29, 1.82) is 0 Å². The van der Waals surface area contributed by atoms with Gasteiger partial charge in [0.15, 0.2) is 0 Å². The van der Waals surface area contributed by atoms with Gasteiger partial charge in [-0.3, -0.25) is 14.6 Å². The number of fused-ring (bicyclic) bond motifs is 1. The molecule has 7 heteroatoms. The van der Waals surface area contributed by atoms with Gasteiger partial charge in [0, 0.05) is 25.5 Å². The van der Waals surface area contributed by atoms with Crippen LogP contribution in [0, 0.1) is 23.2 Å². The van der Waals surface area contributed by atoms with Gasteiger partial charge in [0.2, 0.25) is 5.91 Å². The summed E-state index contributed by atoms with van der Waals surface area (Å²) in [6.07, 6.45) is 10.8. The SMILES string of the molecule is CC1c2nc(C(=O)NCc3ccccn3)cn2CCN1C(=O)C12CC3CC(CC(C3)C1)C2. The Kier molecular flexibility index (Phi) is 4.63. The summed E-state index contributed by atoms with van der Waals surface area (Å²) in [6.45, 7) is 3.82. The summed E-state index contributed by atoms with van der Waals surface area (Å²) in [7, 11) is 0. The molecule has 1 aliphatic heterocycles. The van der Waals surface area contributed by atoms with E-state index >= 15 is 0 Å². The Morgan fingerprint density at radius 1 is 1.09 bits per heavy atom. The van der Waals surface area contributed by atoms with E-state index in [0.717, 1.165) is 48.5 Å². The molecule has 4 aliphatic carbocycles. The van der Waals surface area contributed by atoms with Gasteiger partial charge < -0.3 is 14.8 Å². The van der Waals surface area contributed by atoms with E-state index in [1.54, 1.807) is 6.20 Å². The van der Waals surface area contributed by atoms with Crippen molar-refractivity contribution < 1.29 is 9.59 Å². The maximum absolute atomic E-state index is 13.9. The zero-order valence-corrected chi connectivity index (χ0v) is 18.7. The largest absolute Gasteiger partial charge is 0.345 e. The number of hydrogen-bond donors (Lipinski definition) is 1. The van der Waals surface area contributed by atoms with Gasteiger partial charge in [-0.1, -0.05) is 6.07 Å². The second kappa shape index (κ2) is 7.42. The first-order chi connectivity index (χ1) is 15.5. The quantitative estimate of drug-likeness (QED) is 0.802. The van der Waals surface area contributed by atoms with Crippen LogP contribution < -0.4 is 5.32 Å². The number of hydrogen-bond acceptors (Lipinski definition) is 4. The van der Waals surface area contributed by atoms with Crippen LogP contribution >= 0.6 is 0 Å². The van der Waals surface area contributed by atoms with Crippen molar-refractivity contribution in [2.45, 2.75) is 64.6 Å². The van der Waals surface area contributed by atoms with E-state index in [1.165, 1.54) is 19.3 Å². The van der Waals surface area contributed by atoms with Crippen molar-refractivity contribution in [1.82, 2.24) is 24.8 Å². The summed E-state index contributed by atoms with van der Waals surface area (Å²) >= 11 is 0. The lowest BCUT2D eigenvalue weighted by molar-refractivity contribution is -0.161. The van der Waals surface area contributed by atoms with Gasteiger partial charge in [0.1, 0.15) is 11.5 Å². The molecule has 4 bridgehead atoms. The highest BCUT2D eigenvalue weighted by Gasteiger charge is 2.56. The Balaban J connectivity index is 1.18. The average Bonchev–Trinajstić information content (AvgIpc) is 3.23. The van der Waals surface area contributed by atoms with Crippen molar-refractivity contribution in [3.63, 3.8) is 0 Å². The van der Waals surface area contributed by atoms with E-state index in [1.807, 2.05) is 29.0 Å². The van der Waals surface area contributed by atoms with Crippen molar-refractivity contribution in [2.75, 3.05) is 6.54 Å². The third-order valence-electron chi connectivity index (χ3n) is 8.37. The van der Waals surface area contributed by atoms with Crippen LogP contribution in [0.2, 0.25) is 0 Å². The first-order valence-electron chi connectivity index (χ1n) is 12.1. The summed E-state index contributed by atoms with van der Waals surface area (Å²) in [5.41, 5.74) is 1.08. The Morgan fingerprint density at radius 2 is 1.81 bits per heavy atom. The molecule has 7 rings (SSSR count). The number of carbonyl (C=O) groups is 2. The molecule has 0 spiro atoms. The molecule has 2 aromatic rings.